The monoisotopic (exact) mass is 375 g/mol. The lowest BCUT2D eigenvalue weighted by atomic mass is 10.0. The number of hydrogen-bond acceptors (Lipinski definition) is 3. The predicted molar refractivity (Wildman–Crippen MR) is 113 cm³/mol. The highest BCUT2D eigenvalue weighted by Gasteiger charge is 2.13. The third-order valence-electron chi connectivity index (χ3n) is 4.80. The largest absolute Gasteiger partial charge is 0.356 e. The molecule has 0 aliphatic carbocycles. The minimum Gasteiger partial charge on any atom is -0.356 e. The summed E-state index contributed by atoms with van der Waals surface area (Å²) >= 11 is 0. The fourth-order valence-corrected chi connectivity index (χ4v) is 3.01. The number of rotatable bonds is 12. The summed E-state index contributed by atoms with van der Waals surface area (Å²) in [7, 11) is 0. The van der Waals surface area contributed by atoms with E-state index in [1.54, 1.807) is 0 Å². The molecule has 0 fully saturated rings. The zero-order valence-electron chi connectivity index (χ0n) is 17.7. The molecule has 1 aromatic carbocycles. The number of amides is 2. The summed E-state index contributed by atoms with van der Waals surface area (Å²) in [5.41, 5.74) is 2.05. The van der Waals surface area contributed by atoms with E-state index >= 15 is 0 Å². The lowest BCUT2D eigenvalue weighted by molar-refractivity contribution is -0.122. The molecule has 0 spiro atoms. The highest BCUT2D eigenvalue weighted by atomic mass is 16.2. The van der Waals surface area contributed by atoms with Crippen molar-refractivity contribution in [2.45, 2.75) is 59.8 Å². The smallest absolute Gasteiger partial charge is 0.224 e. The Hall–Kier alpha value is -1.88. The molecule has 152 valence electrons. The first-order chi connectivity index (χ1) is 12.8. The molecule has 0 radical (unpaired) electrons. The molecule has 0 bridgehead atoms. The fraction of sp³-hybridized carbons (Fsp3) is 0.636. The van der Waals surface area contributed by atoms with Crippen LogP contribution in [0.15, 0.2) is 24.3 Å². The van der Waals surface area contributed by atoms with E-state index in [-0.39, 0.29) is 17.7 Å². The van der Waals surface area contributed by atoms with Crippen molar-refractivity contribution in [3.8, 4) is 0 Å². The van der Waals surface area contributed by atoms with Crippen LogP contribution in [0.5, 0.6) is 0 Å². The fourth-order valence-electron chi connectivity index (χ4n) is 3.01. The van der Waals surface area contributed by atoms with Gasteiger partial charge in [0.2, 0.25) is 11.8 Å². The third kappa shape index (κ3) is 9.57. The number of nitrogens with one attached hydrogen (secondary N) is 2. The molecule has 0 aromatic heterocycles. The minimum atomic E-state index is -0.0471. The van der Waals surface area contributed by atoms with Gasteiger partial charge in [0.05, 0.1) is 0 Å². The summed E-state index contributed by atoms with van der Waals surface area (Å²) in [5.74, 6) is 0.466. The molecular formula is C22H37N3O2. The van der Waals surface area contributed by atoms with E-state index < -0.39 is 0 Å². The van der Waals surface area contributed by atoms with Crippen molar-refractivity contribution in [2.24, 2.45) is 5.92 Å². The van der Waals surface area contributed by atoms with Gasteiger partial charge in [-0.25, -0.2) is 0 Å². The molecule has 2 N–H and O–H groups in total. The maximum Gasteiger partial charge on any atom is 0.224 e. The van der Waals surface area contributed by atoms with Gasteiger partial charge in [0.1, 0.15) is 0 Å². The molecule has 5 heteroatoms. The zero-order chi connectivity index (χ0) is 20.2. The van der Waals surface area contributed by atoms with Crippen LogP contribution in [0.25, 0.3) is 0 Å². The van der Waals surface area contributed by atoms with Crippen molar-refractivity contribution >= 4 is 17.5 Å². The Morgan fingerprint density at radius 3 is 2.11 bits per heavy atom. The number of carbonyl (C=O) groups is 2. The van der Waals surface area contributed by atoms with Gasteiger partial charge in [-0.2, -0.15) is 0 Å². The Balaban J connectivity index is 2.27. The van der Waals surface area contributed by atoms with E-state index in [0.717, 1.165) is 31.7 Å². The van der Waals surface area contributed by atoms with Crippen LogP contribution in [0.3, 0.4) is 0 Å². The minimum absolute atomic E-state index is 0.0164. The number of anilines is 1. The van der Waals surface area contributed by atoms with Gasteiger partial charge in [-0.15, -0.1) is 0 Å². The van der Waals surface area contributed by atoms with Crippen LogP contribution in [0.2, 0.25) is 0 Å². The Kier molecular flexibility index (Phi) is 10.7. The quantitative estimate of drug-likeness (QED) is 0.543. The average molecular weight is 376 g/mol. The summed E-state index contributed by atoms with van der Waals surface area (Å²) in [6, 6.07) is 7.94. The second-order valence-electron chi connectivity index (χ2n) is 7.57. The molecular weight excluding hydrogens is 338 g/mol. The Morgan fingerprint density at radius 2 is 1.56 bits per heavy atom. The number of carbonyl (C=O) groups excluding carboxylic acids is 2. The van der Waals surface area contributed by atoms with Crippen molar-refractivity contribution < 1.29 is 9.59 Å². The molecule has 2 amide bonds. The van der Waals surface area contributed by atoms with Crippen LogP contribution >= 0.6 is 0 Å². The first-order valence-corrected chi connectivity index (χ1v) is 10.2. The van der Waals surface area contributed by atoms with E-state index in [1.165, 1.54) is 5.56 Å². The maximum atomic E-state index is 12.2. The summed E-state index contributed by atoms with van der Waals surface area (Å²) in [5, 5.41) is 5.87. The van der Waals surface area contributed by atoms with Gasteiger partial charge in [-0.3, -0.25) is 9.59 Å². The van der Waals surface area contributed by atoms with Crippen molar-refractivity contribution in [1.29, 1.82) is 0 Å². The van der Waals surface area contributed by atoms with Gasteiger partial charge < -0.3 is 15.5 Å². The highest BCUT2D eigenvalue weighted by Crippen LogP contribution is 2.18. The third-order valence-corrected chi connectivity index (χ3v) is 4.80. The van der Waals surface area contributed by atoms with Crippen LogP contribution < -0.4 is 10.6 Å². The van der Waals surface area contributed by atoms with Crippen molar-refractivity contribution in [2.75, 3.05) is 31.5 Å². The molecule has 1 rings (SSSR count). The van der Waals surface area contributed by atoms with Gasteiger partial charge in [0.25, 0.3) is 0 Å². The van der Waals surface area contributed by atoms with Crippen LogP contribution in [0, 0.1) is 5.92 Å². The van der Waals surface area contributed by atoms with Crippen LogP contribution in [-0.4, -0.2) is 42.9 Å². The molecule has 1 atom stereocenters. The summed E-state index contributed by atoms with van der Waals surface area (Å²) < 4.78 is 0. The first kappa shape index (κ1) is 23.2. The van der Waals surface area contributed by atoms with E-state index in [4.69, 9.17) is 0 Å². The number of nitrogens with zero attached hydrogens (tertiary/aromatic N) is 1. The molecule has 27 heavy (non-hydrogen) atoms. The van der Waals surface area contributed by atoms with Crippen molar-refractivity contribution in [1.82, 2.24) is 10.2 Å². The normalized spacial score (nSPS) is 12.3. The summed E-state index contributed by atoms with van der Waals surface area (Å²) in [4.78, 5) is 26.5. The lowest BCUT2D eigenvalue weighted by Gasteiger charge is -2.18. The lowest BCUT2D eigenvalue weighted by Crippen LogP contribution is -2.31. The summed E-state index contributed by atoms with van der Waals surface area (Å²) in [6.07, 6.45) is 1.68. The van der Waals surface area contributed by atoms with Crippen molar-refractivity contribution in [3.05, 3.63) is 29.8 Å². The molecule has 0 aliphatic heterocycles. The van der Waals surface area contributed by atoms with E-state index in [0.29, 0.717) is 25.3 Å². The van der Waals surface area contributed by atoms with Gasteiger partial charge in [0, 0.05) is 25.1 Å². The van der Waals surface area contributed by atoms with Gasteiger partial charge in [-0.05, 0) is 55.6 Å². The molecule has 1 aromatic rings. The van der Waals surface area contributed by atoms with E-state index in [1.807, 2.05) is 31.2 Å². The standard InChI is InChI=1S/C22H37N3O2/c1-6-25(7-2)14-8-13-23-21(26)15-18(5)16-22(27)24-20-11-9-19(10-12-20)17(3)4/h9-12,17-18H,6-8,13-16H2,1-5H3,(H,23,26)(H,24,27)/t18-/m0/s1. The maximum absolute atomic E-state index is 12.2. The highest BCUT2D eigenvalue weighted by molar-refractivity contribution is 5.91. The number of benzene rings is 1. The van der Waals surface area contributed by atoms with Crippen molar-refractivity contribution in [3.63, 3.8) is 0 Å². The molecule has 0 saturated carbocycles. The molecule has 0 aliphatic rings. The topological polar surface area (TPSA) is 61.4 Å². The zero-order valence-corrected chi connectivity index (χ0v) is 17.7. The van der Waals surface area contributed by atoms with E-state index in [2.05, 4.69) is 43.2 Å². The second kappa shape index (κ2) is 12.5. The van der Waals surface area contributed by atoms with Gasteiger partial charge in [-0.1, -0.05) is 46.8 Å². The molecule has 0 heterocycles. The number of hydrogen-bond donors (Lipinski definition) is 2. The van der Waals surface area contributed by atoms with Crippen LogP contribution in [0.4, 0.5) is 5.69 Å². The first-order valence-electron chi connectivity index (χ1n) is 10.2. The Labute approximate surface area is 164 Å². The van der Waals surface area contributed by atoms with Crippen LogP contribution in [-0.2, 0) is 9.59 Å². The molecule has 5 nitrogen and oxygen atoms in total. The summed E-state index contributed by atoms with van der Waals surface area (Å²) in [6.45, 7) is 14.3. The second-order valence-corrected chi connectivity index (χ2v) is 7.57. The average Bonchev–Trinajstić information content (AvgIpc) is 2.62. The van der Waals surface area contributed by atoms with Crippen LogP contribution in [0.1, 0.15) is 65.4 Å². The Morgan fingerprint density at radius 1 is 0.963 bits per heavy atom. The molecule has 0 unspecified atom stereocenters. The predicted octanol–water partition coefficient (Wildman–Crippen LogP) is 4.01. The van der Waals surface area contributed by atoms with Gasteiger partial charge >= 0.3 is 0 Å². The van der Waals surface area contributed by atoms with E-state index in [9.17, 15) is 9.59 Å². The SMILES string of the molecule is CCN(CC)CCCNC(=O)C[C@H](C)CC(=O)Nc1ccc(C(C)C)cc1. The Bertz CT molecular complexity index is 565. The van der Waals surface area contributed by atoms with Gasteiger partial charge in [0.15, 0.2) is 0 Å². The molecule has 0 saturated heterocycles.